The smallest absolute Gasteiger partial charge is 0.326 e. The van der Waals surface area contributed by atoms with Gasteiger partial charge in [-0.15, -0.1) is 0 Å². The third kappa shape index (κ3) is 6.29. The molecule has 1 spiro atoms. The third-order valence-electron chi connectivity index (χ3n) is 9.05. The summed E-state index contributed by atoms with van der Waals surface area (Å²) in [5.74, 6) is -3.01. The van der Waals surface area contributed by atoms with Crippen LogP contribution in [0, 0.1) is 29.6 Å². The van der Waals surface area contributed by atoms with E-state index in [9.17, 15) is 19.2 Å². The van der Waals surface area contributed by atoms with Gasteiger partial charge in [0.25, 0.3) is 0 Å². The molecule has 12 nitrogen and oxygen atoms in total. The maximum absolute atomic E-state index is 12.7. The van der Waals surface area contributed by atoms with Gasteiger partial charge in [0.05, 0.1) is 6.42 Å². The summed E-state index contributed by atoms with van der Waals surface area (Å²) in [6.45, 7) is 9.72. The zero-order valence-electron chi connectivity index (χ0n) is 24.1. The van der Waals surface area contributed by atoms with Crippen molar-refractivity contribution < 1.29 is 48.3 Å². The molecular formula is C28H44N2O10. The maximum atomic E-state index is 12.7. The van der Waals surface area contributed by atoms with Crippen molar-refractivity contribution in [3.8, 4) is 0 Å². The van der Waals surface area contributed by atoms with Crippen LogP contribution in [0.3, 0.4) is 0 Å². The van der Waals surface area contributed by atoms with Crippen LogP contribution in [0.1, 0.15) is 86.0 Å². The predicted octanol–water partition coefficient (Wildman–Crippen LogP) is 2.64. The number of carbonyl (C=O) groups is 4. The number of aliphatic carboxylic acids is 1. The zero-order chi connectivity index (χ0) is 29.2. The Balaban J connectivity index is 1.22. The second-order valence-corrected chi connectivity index (χ2v) is 12.3. The van der Waals surface area contributed by atoms with E-state index in [4.69, 9.17) is 29.1 Å². The molecule has 226 valence electrons. The number of amides is 2. The molecule has 5 aliphatic rings. The molecule has 5 rings (SSSR count). The molecule has 0 aromatic rings. The lowest BCUT2D eigenvalue weighted by atomic mass is 9.58. The van der Waals surface area contributed by atoms with Gasteiger partial charge < -0.3 is 30.0 Å². The molecule has 4 heterocycles. The van der Waals surface area contributed by atoms with E-state index in [1.165, 1.54) is 0 Å². The predicted molar refractivity (Wildman–Crippen MR) is 139 cm³/mol. The highest BCUT2D eigenvalue weighted by atomic mass is 17.3. The Hall–Kier alpha value is -2.28. The Bertz CT molecular complexity index is 975. The zero-order valence-corrected chi connectivity index (χ0v) is 24.1. The summed E-state index contributed by atoms with van der Waals surface area (Å²) in [7, 11) is 0. The summed E-state index contributed by atoms with van der Waals surface area (Å²) >= 11 is 0. The molecular weight excluding hydrogens is 524 g/mol. The molecule has 2 bridgehead atoms. The molecule has 2 amide bonds. The van der Waals surface area contributed by atoms with Crippen LogP contribution in [-0.4, -0.2) is 65.4 Å². The van der Waals surface area contributed by atoms with Gasteiger partial charge in [0.15, 0.2) is 11.9 Å². The van der Waals surface area contributed by atoms with E-state index in [1.807, 2.05) is 13.8 Å². The summed E-state index contributed by atoms with van der Waals surface area (Å²) in [6.07, 6.45) is 2.21. The summed E-state index contributed by atoms with van der Waals surface area (Å²) in [4.78, 5) is 60.0. The molecule has 0 radical (unpaired) electrons. The van der Waals surface area contributed by atoms with Crippen LogP contribution in [0.5, 0.6) is 0 Å². The highest BCUT2D eigenvalue weighted by Crippen LogP contribution is 2.60. The summed E-state index contributed by atoms with van der Waals surface area (Å²) in [5.41, 5.74) is -0.740. The Morgan fingerprint density at radius 3 is 2.45 bits per heavy atom. The number of carbonyl (C=O) groups excluding carboxylic acids is 3. The van der Waals surface area contributed by atoms with E-state index in [2.05, 4.69) is 17.6 Å². The van der Waals surface area contributed by atoms with Crippen molar-refractivity contribution in [2.24, 2.45) is 29.6 Å². The second-order valence-electron chi connectivity index (χ2n) is 12.3. The van der Waals surface area contributed by atoms with Gasteiger partial charge in [-0.1, -0.05) is 27.7 Å². The number of hydrogen-bond acceptors (Lipinski definition) is 9. The summed E-state index contributed by atoms with van der Waals surface area (Å²) < 4.78 is 18.2. The molecule has 0 aromatic carbocycles. The number of fused-ring (bicyclic) bond motifs is 2. The van der Waals surface area contributed by atoms with Gasteiger partial charge >= 0.3 is 11.9 Å². The molecule has 5 fully saturated rings. The molecule has 4 saturated heterocycles. The first-order chi connectivity index (χ1) is 18.9. The van der Waals surface area contributed by atoms with Gasteiger partial charge in [0, 0.05) is 37.6 Å². The van der Waals surface area contributed by atoms with Crippen molar-refractivity contribution in [1.82, 2.24) is 10.6 Å². The molecule has 9 atom stereocenters. The summed E-state index contributed by atoms with van der Waals surface area (Å²) in [6, 6.07) is -0.953. The first-order valence-corrected chi connectivity index (χ1v) is 14.5. The van der Waals surface area contributed by atoms with Crippen LogP contribution >= 0.6 is 0 Å². The fourth-order valence-corrected chi connectivity index (χ4v) is 6.74. The Morgan fingerprint density at radius 1 is 1.00 bits per heavy atom. The number of rotatable bonds is 11. The Labute approximate surface area is 235 Å². The number of esters is 1. The Morgan fingerprint density at radius 2 is 1.75 bits per heavy atom. The molecule has 40 heavy (non-hydrogen) atoms. The van der Waals surface area contributed by atoms with Crippen LogP contribution in [0.15, 0.2) is 0 Å². The monoisotopic (exact) mass is 568 g/mol. The average molecular weight is 569 g/mol. The van der Waals surface area contributed by atoms with Gasteiger partial charge in [-0.3, -0.25) is 14.4 Å². The topological polar surface area (TPSA) is 159 Å². The highest BCUT2D eigenvalue weighted by molar-refractivity contribution is 5.84. The van der Waals surface area contributed by atoms with Gasteiger partial charge in [-0.2, -0.15) is 0 Å². The molecule has 0 unspecified atom stereocenters. The lowest BCUT2D eigenvalue weighted by molar-refractivity contribution is -0.576. The van der Waals surface area contributed by atoms with Gasteiger partial charge in [0.1, 0.15) is 6.04 Å². The van der Waals surface area contributed by atoms with E-state index in [0.717, 1.165) is 19.3 Å². The average Bonchev–Trinajstić information content (AvgIpc) is 3.12. The van der Waals surface area contributed by atoms with Crippen molar-refractivity contribution in [2.75, 3.05) is 6.54 Å². The van der Waals surface area contributed by atoms with Crippen molar-refractivity contribution in [2.45, 2.75) is 116 Å². The van der Waals surface area contributed by atoms with Crippen LogP contribution in [0.4, 0.5) is 0 Å². The van der Waals surface area contributed by atoms with Crippen molar-refractivity contribution in [1.29, 1.82) is 0 Å². The van der Waals surface area contributed by atoms with Gasteiger partial charge in [0.2, 0.25) is 23.9 Å². The number of carboxylic acid groups (broad SMARTS) is 1. The fourth-order valence-electron chi connectivity index (χ4n) is 6.74. The van der Waals surface area contributed by atoms with Crippen LogP contribution < -0.4 is 10.6 Å². The van der Waals surface area contributed by atoms with E-state index < -0.39 is 47.9 Å². The molecule has 1 aliphatic carbocycles. The van der Waals surface area contributed by atoms with E-state index >= 15 is 0 Å². The van der Waals surface area contributed by atoms with Crippen LogP contribution in [0.2, 0.25) is 0 Å². The van der Waals surface area contributed by atoms with E-state index in [1.54, 1.807) is 13.8 Å². The lowest BCUT2D eigenvalue weighted by Crippen LogP contribution is -2.70. The fraction of sp³-hybridized carbons (Fsp3) is 0.857. The number of hydrogen-bond donors (Lipinski definition) is 3. The molecule has 1 saturated carbocycles. The molecule has 3 N–H and O–H groups in total. The minimum atomic E-state index is -1.08. The van der Waals surface area contributed by atoms with Crippen LogP contribution in [-0.2, 0) is 43.2 Å². The van der Waals surface area contributed by atoms with Crippen molar-refractivity contribution >= 4 is 23.8 Å². The largest absolute Gasteiger partial charge is 0.480 e. The van der Waals surface area contributed by atoms with E-state index in [0.29, 0.717) is 18.8 Å². The van der Waals surface area contributed by atoms with Gasteiger partial charge in [-0.25, -0.2) is 14.6 Å². The quantitative estimate of drug-likeness (QED) is 0.192. The second kappa shape index (κ2) is 12.3. The number of ether oxygens (including phenoxy) is 3. The molecule has 12 heteroatoms. The summed E-state index contributed by atoms with van der Waals surface area (Å²) in [5, 5.41) is 14.3. The van der Waals surface area contributed by atoms with Gasteiger partial charge in [-0.05, 0) is 50.4 Å². The minimum Gasteiger partial charge on any atom is -0.480 e. The van der Waals surface area contributed by atoms with Crippen molar-refractivity contribution in [3.05, 3.63) is 0 Å². The first-order valence-electron chi connectivity index (χ1n) is 14.5. The third-order valence-corrected chi connectivity index (χ3v) is 9.05. The maximum Gasteiger partial charge on any atom is 0.326 e. The lowest BCUT2D eigenvalue weighted by Gasteiger charge is -2.59. The number of nitrogens with one attached hydrogen (secondary N) is 2. The standard InChI is InChI=1S/C28H44N2O10/c1-15(2)23(24(34)35)30-21(32)7-6-14-29-20(31)10-11-22(33)36-25-17(4)19-9-8-16(3)18-12-13-27(5)38-26(37-25)28(18,19)40-39-27/h15-19,23,25-26H,6-14H2,1-5H3,(H,29,31)(H,30,32)(H,34,35)/t16-,17+,18+,19+,23+,25-,26+,27-,28-/m1/s1. The normalized spacial score (nSPS) is 37.1. The first kappa shape index (κ1) is 30.7. The molecule has 0 aromatic heterocycles. The molecule has 4 aliphatic heterocycles. The minimum absolute atomic E-state index is 0.0275. The number of carboxylic acids is 1. The van der Waals surface area contributed by atoms with Crippen LogP contribution in [0.25, 0.3) is 0 Å². The highest BCUT2D eigenvalue weighted by Gasteiger charge is 2.69. The van der Waals surface area contributed by atoms with E-state index in [-0.39, 0.29) is 55.4 Å². The SMILES string of the molecule is CC(C)[C@H](NC(=O)CCCNC(=O)CCC(=O)O[C@@H]1O[C@H]2O[C@@]3(C)CC[C@H]4[C@H](C)CC[C@@H]([C@@H]1C)[C@@]24OO3)C(=O)O. The Kier molecular flexibility index (Phi) is 9.43. The van der Waals surface area contributed by atoms with Crippen molar-refractivity contribution in [3.63, 3.8) is 0 Å².